The number of pyridine rings is 1. The Morgan fingerprint density at radius 2 is 2.30 bits per heavy atom. The van der Waals surface area contributed by atoms with Gasteiger partial charge < -0.3 is 25.4 Å². The summed E-state index contributed by atoms with van der Waals surface area (Å²) in [4.78, 5) is 19.1. The largest absolute Gasteiger partial charge is 0.496 e. The summed E-state index contributed by atoms with van der Waals surface area (Å²) >= 11 is 0. The molecule has 108 valence electrons. The van der Waals surface area contributed by atoms with Gasteiger partial charge in [0.15, 0.2) is 0 Å². The van der Waals surface area contributed by atoms with Crippen molar-refractivity contribution in [1.82, 2.24) is 9.88 Å². The van der Waals surface area contributed by atoms with E-state index in [1.165, 1.54) is 4.90 Å². The van der Waals surface area contributed by atoms with Gasteiger partial charge in [0.05, 0.1) is 13.2 Å². The van der Waals surface area contributed by atoms with E-state index in [9.17, 15) is 4.79 Å². The van der Waals surface area contributed by atoms with E-state index < -0.39 is 6.09 Å². The van der Waals surface area contributed by atoms with Crippen LogP contribution in [0.4, 0.5) is 16.4 Å². The number of hydrogen-bond acceptors (Lipinski definition) is 5. The van der Waals surface area contributed by atoms with E-state index in [-0.39, 0.29) is 6.04 Å². The molecule has 7 nitrogen and oxygen atoms in total. The molecule has 2 aliphatic rings. The summed E-state index contributed by atoms with van der Waals surface area (Å²) in [5.74, 6) is 2.22. The van der Waals surface area contributed by atoms with Crippen molar-refractivity contribution in [3.8, 4) is 5.75 Å². The summed E-state index contributed by atoms with van der Waals surface area (Å²) in [6.45, 7) is 2.01. The molecule has 2 atom stereocenters. The average Bonchev–Trinajstić information content (AvgIpc) is 2.97. The van der Waals surface area contributed by atoms with Crippen LogP contribution in [0.25, 0.3) is 0 Å². The van der Waals surface area contributed by atoms with Crippen LogP contribution in [0.1, 0.15) is 6.42 Å². The molecule has 2 aliphatic heterocycles. The van der Waals surface area contributed by atoms with Crippen molar-refractivity contribution in [3.63, 3.8) is 0 Å². The van der Waals surface area contributed by atoms with E-state index in [4.69, 9.17) is 15.6 Å². The number of amides is 1. The van der Waals surface area contributed by atoms with Gasteiger partial charge in [0.1, 0.15) is 17.4 Å². The highest BCUT2D eigenvalue weighted by molar-refractivity contribution is 5.66. The lowest BCUT2D eigenvalue weighted by atomic mass is 10.1. The zero-order valence-corrected chi connectivity index (χ0v) is 11.3. The van der Waals surface area contributed by atoms with E-state index in [0.717, 1.165) is 18.8 Å². The Labute approximate surface area is 116 Å². The van der Waals surface area contributed by atoms with E-state index in [1.807, 2.05) is 6.07 Å². The molecule has 1 amide bonds. The lowest BCUT2D eigenvalue weighted by Crippen LogP contribution is -2.37. The summed E-state index contributed by atoms with van der Waals surface area (Å²) in [5.41, 5.74) is 5.79. The molecule has 0 bridgehead atoms. The topological polar surface area (TPSA) is 91.9 Å². The van der Waals surface area contributed by atoms with Crippen LogP contribution in [0.3, 0.4) is 0 Å². The molecule has 0 saturated carbocycles. The maximum Gasteiger partial charge on any atom is 0.407 e. The first-order valence-corrected chi connectivity index (χ1v) is 6.64. The zero-order chi connectivity index (χ0) is 14.3. The smallest absolute Gasteiger partial charge is 0.407 e. The Balaban J connectivity index is 1.85. The monoisotopic (exact) mass is 278 g/mol. The van der Waals surface area contributed by atoms with Crippen molar-refractivity contribution in [2.75, 3.05) is 37.4 Å². The van der Waals surface area contributed by atoms with Crippen molar-refractivity contribution in [1.29, 1.82) is 0 Å². The molecule has 0 aromatic carbocycles. The van der Waals surface area contributed by atoms with Crippen LogP contribution in [0.15, 0.2) is 12.1 Å². The highest BCUT2D eigenvalue weighted by Crippen LogP contribution is 2.35. The third-order valence-electron chi connectivity index (χ3n) is 4.15. The van der Waals surface area contributed by atoms with Crippen molar-refractivity contribution >= 4 is 17.7 Å². The van der Waals surface area contributed by atoms with Gasteiger partial charge in [-0.3, -0.25) is 0 Å². The second-order valence-corrected chi connectivity index (χ2v) is 5.29. The standard InChI is InChI=1S/C13H18N4O3/c1-20-9-4-11(14)15-12(5-9)17-3-2-8-6-16(13(18)19)7-10(8)17/h4-5,8,10H,2-3,6-7H2,1H3,(H2,14,15)(H,18,19). The minimum Gasteiger partial charge on any atom is -0.496 e. The quantitative estimate of drug-likeness (QED) is 0.833. The van der Waals surface area contributed by atoms with Crippen LogP contribution in [0, 0.1) is 5.92 Å². The number of rotatable bonds is 2. The third kappa shape index (κ3) is 2.09. The second kappa shape index (κ2) is 4.73. The van der Waals surface area contributed by atoms with Crippen LogP contribution in [-0.2, 0) is 0 Å². The normalized spacial score (nSPS) is 24.9. The first-order chi connectivity index (χ1) is 9.58. The van der Waals surface area contributed by atoms with Crippen molar-refractivity contribution in [2.45, 2.75) is 12.5 Å². The van der Waals surface area contributed by atoms with Gasteiger partial charge in [-0.05, 0) is 6.42 Å². The van der Waals surface area contributed by atoms with E-state index in [0.29, 0.717) is 30.6 Å². The predicted octanol–water partition coefficient (Wildman–Crippen LogP) is 0.861. The number of fused-ring (bicyclic) bond motifs is 1. The van der Waals surface area contributed by atoms with Gasteiger partial charge >= 0.3 is 6.09 Å². The van der Waals surface area contributed by atoms with Gasteiger partial charge in [0.25, 0.3) is 0 Å². The number of aromatic nitrogens is 1. The van der Waals surface area contributed by atoms with Crippen LogP contribution in [-0.4, -0.2) is 53.9 Å². The third-order valence-corrected chi connectivity index (χ3v) is 4.15. The Kier molecular flexibility index (Phi) is 3.04. The lowest BCUT2D eigenvalue weighted by Gasteiger charge is -2.25. The number of carbonyl (C=O) groups is 1. The predicted molar refractivity (Wildman–Crippen MR) is 74.0 cm³/mol. The first kappa shape index (κ1) is 12.8. The summed E-state index contributed by atoms with van der Waals surface area (Å²) in [5, 5.41) is 9.10. The van der Waals surface area contributed by atoms with E-state index >= 15 is 0 Å². The van der Waals surface area contributed by atoms with Gasteiger partial charge in [0.2, 0.25) is 0 Å². The van der Waals surface area contributed by atoms with Gasteiger partial charge in [-0.2, -0.15) is 0 Å². The number of carboxylic acid groups (broad SMARTS) is 1. The lowest BCUT2D eigenvalue weighted by molar-refractivity contribution is 0.153. The molecule has 20 heavy (non-hydrogen) atoms. The highest BCUT2D eigenvalue weighted by atomic mass is 16.5. The average molecular weight is 278 g/mol. The van der Waals surface area contributed by atoms with Crippen molar-refractivity contribution in [3.05, 3.63) is 12.1 Å². The molecule has 7 heteroatoms. The van der Waals surface area contributed by atoms with Gasteiger partial charge in [-0.15, -0.1) is 0 Å². The SMILES string of the molecule is COc1cc(N)nc(N2CCC3CN(C(=O)O)CC32)c1. The Bertz CT molecular complexity index is 536. The minimum atomic E-state index is -0.850. The fourth-order valence-corrected chi connectivity index (χ4v) is 3.18. The molecule has 3 N–H and O–H groups in total. The number of ether oxygens (including phenoxy) is 1. The number of nitrogen functional groups attached to an aromatic ring is 1. The number of nitrogens with zero attached hydrogens (tertiary/aromatic N) is 3. The summed E-state index contributed by atoms with van der Waals surface area (Å²) in [6.07, 6.45) is 0.130. The number of hydrogen-bond donors (Lipinski definition) is 2. The van der Waals surface area contributed by atoms with E-state index in [1.54, 1.807) is 13.2 Å². The minimum absolute atomic E-state index is 0.185. The molecular formula is C13H18N4O3. The Morgan fingerprint density at radius 3 is 3.00 bits per heavy atom. The first-order valence-electron chi connectivity index (χ1n) is 6.64. The molecule has 0 aliphatic carbocycles. The fraction of sp³-hybridized carbons (Fsp3) is 0.538. The molecule has 2 saturated heterocycles. The number of nitrogens with two attached hydrogens (primary N) is 1. The van der Waals surface area contributed by atoms with Crippen molar-refractivity contribution in [2.24, 2.45) is 5.92 Å². The Hall–Kier alpha value is -2.18. The van der Waals surface area contributed by atoms with Crippen LogP contribution in [0.2, 0.25) is 0 Å². The van der Waals surface area contributed by atoms with Gasteiger partial charge in [0, 0.05) is 37.7 Å². The van der Waals surface area contributed by atoms with Crippen LogP contribution < -0.4 is 15.4 Å². The summed E-state index contributed by atoms with van der Waals surface area (Å²) in [7, 11) is 1.59. The van der Waals surface area contributed by atoms with Crippen LogP contribution >= 0.6 is 0 Å². The molecule has 2 unspecified atom stereocenters. The molecule has 2 fully saturated rings. The second-order valence-electron chi connectivity index (χ2n) is 5.29. The zero-order valence-electron chi connectivity index (χ0n) is 11.3. The number of anilines is 2. The fourth-order valence-electron chi connectivity index (χ4n) is 3.18. The molecule has 3 heterocycles. The molecule has 1 aromatic rings. The highest BCUT2D eigenvalue weighted by Gasteiger charge is 2.43. The van der Waals surface area contributed by atoms with Crippen molar-refractivity contribution < 1.29 is 14.6 Å². The summed E-state index contributed by atoms with van der Waals surface area (Å²) in [6, 6.07) is 3.71. The summed E-state index contributed by atoms with van der Waals surface area (Å²) < 4.78 is 5.21. The number of methoxy groups -OCH3 is 1. The van der Waals surface area contributed by atoms with Crippen LogP contribution in [0.5, 0.6) is 5.75 Å². The van der Waals surface area contributed by atoms with Gasteiger partial charge in [-0.1, -0.05) is 0 Å². The molecule has 0 radical (unpaired) electrons. The van der Waals surface area contributed by atoms with E-state index in [2.05, 4.69) is 9.88 Å². The molecule has 0 spiro atoms. The molecular weight excluding hydrogens is 260 g/mol. The molecule has 3 rings (SSSR count). The Morgan fingerprint density at radius 1 is 1.50 bits per heavy atom. The van der Waals surface area contributed by atoms with Gasteiger partial charge in [-0.25, -0.2) is 9.78 Å². The maximum absolute atomic E-state index is 11.1. The number of likely N-dealkylation sites (tertiary alicyclic amines) is 1. The maximum atomic E-state index is 11.1. The molecule has 1 aromatic heterocycles.